The standard InChI is InChI=1S/C57H71F2N5O18/c1-28(66)62-37(5-3-4-17-60)49(74)61-18-15-43(70)63-38-19-30(8-13-40(38)79-52-47(73)45(71)46(72)48(81-52)50(75)76)25-78-53(77)64-55(26-56(58,59)27-55)23-29-6-9-31(10-7-29)51-80-42-21-35-34-12-11-32-20-33(67)14-16-54(32,2)44(34)39(68)22-36(35)57(42,82-51)41(69)24-65/h6-10,13-14,16,19-20,34-37,39,42,44-48,51-52,65,68,71-73H,3-5,11-12,15,17-18,21-27,60H2,1-2H3,(H,61,74)(H,62,66)(H,63,70)(H,64,77)(H,75,76)/t34-,35-,36?,37-,39-,42+,44+,45-,46-,47+,48-,51+,52+,54-,57+/m0/s1. The van der Waals surface area contributed by atoms with Crippen molar-refractivity contribution in [3.63, 3.8) is 0 Å². The number of alkyl carbamates (subject to hydrolysis) is 1. The van der Waals surface area contributed by atoms with Crippen molar-refractivity contribution in [2.75, 3.05) is 25.0 Å². The molecule has 0 aromatic heterocycles. The van der Waals surface area contributed by atoms with Crippen LogP contribution in [0.1, 0.15) is 101 Å². The predicted molar refractivity (Wildman–Crippen MR) is 281 cm³/mol. The predicted octanol–water partition coefficient (Wildman–Crippen LogP) is 1.89. The van der Waals surface area contributed by atoms with Crippen LogP contribution in [0.3, 0.4) is 0 Å². The lowest BCUT2D eigenvalue weighted by molar-refractivity contribution is -0.271. The quantitative estimate of drug-likeness (QED) is 0.0795. The van der Waals surface area contributed by atoms with Crippen molar-refractivity contribution in [1.82, 2.24) is 16.0 Å². The number of amides is 4. The summed E-state index contributed by atoms with van der Waals surface area (Å²) >= 11 is 0. The number of ether oxygens (including phenoxy) is 5. The summed E-state index contributed by atoms with van der Waals surface area (Å²) in [7, 11) is 0. The molecular weight excluding hydrogens is 1080 g/mol. The number of aliphatic hydroxyl groups excluding tert-OH is 5. The van der Waals surface area contributed by atoms with Crippen LogP contribution in [0, 0.1) is 29.1 Å². The summed E-state index contributed by atoms with van der Waals surface area (Å²) in [6.07, 6.45) is -6.89. The number of hydrogen-bond acceptors (Lipinski definition) is 18. The highest BCUT2D eigenvalue weighted by Crippen LogP contribution is 2.65. The number of unbranched alkanes of at least 4 members (excludes halogenated alkanes) is 1. The smallest absolute Gasteiger partial charge is 0.407 e. The van der Waals surface area contributed by atoms with Crippen molar-refractivity contribution in [2.45, 2.75) is 163 Å². The number of benzene rings is 2. The van der Waals surface area contributed by atoms with E-state index in [1.807, 2.05) is 13.0 Å². The number of fused-ring (bicyclic) bond motifs is 7. The Morgan fingerprint density at radius 2 is 1.66 bits per heavy atom. The highest BCUT2D eigenvalue weighted by Gasteiger charge is 2.70. The second-order valence-corrected chi connectivity index (χ2v) is 23.1. The maximum atomic E-state index is 14.8. The highest BCUT2D eigenvalue weighted by molar-refractivity contribution is 6.01. The fraction of sp³-hybridized carbons (Fsp3) is 0.596. The fourth-order valence-electron chi connectivity index (χ4n) is 13.9. The summed E-state index contributed by atoms with van der Waals surface area (Å²) < 4.78 is 59.2. The number of hydrogen-bond donors (Lipinski definition) is 11. The third kappa shape index (κ3) is 12.2. The number of carboxylic acids is 1. The Morgan fingerprint density at radius 1 is 0.927 bits per heavy atom. The van der Waals surface area contributed by atoms with Crippen molar-refractivity contribution in [3.05, 3.63) is 83.0 Å². The summed E-state index contributed by atoms with van der Waals surface area (Å²) in [5.41, 5.74) is 4.12. The lowest BCUT2D eigenvalue weighted by Gasteiger charge is -2.56. The molecule has 12 N–H and O–H groups in total. The van der Waals surface area contributed by atoms with E-state index in [1.54, 1.807) is 36.4 Å². The minimum atomic E-state index is -3.12. The van der Waals surface area contributed by atoms with Gasteiger partial charge in [-0.25, -0.2) is 18.4 Å². The zero-order chi connectivity index (χ0) is 59.1. The van der Waals surface area contributed by atoms with E-state index in [4.69, 9.17) is 29.4 Å². The number of aliphatic carboxylic acids is 1. The van der Waals surface area contributed by atoms with E-state index < -0.39 is 145 Å². The Kier molecular flexibility index (Phi) is 17.7. The molecule has 2 aliphatic heterocycles. The molecule has 25 heteroatoms. The van der Waals surface area contributed by atoms with E-state index in [1.165, 1.54) is 25.1 Å². The van der Waals surface area contributed by atoms with Crippen LogP contribution in [0.15, 0.2) is 66.3 Å². The first-order valence-corrected chi connectivity index (χ1v) is 27.7. The van der Waals surface area contributed by atoms with Gasteiger partial charge in [0.1, 0.15) is 43.3 Å². The molecule has 5 aliphatic carbocycles. The number of Topliss-reactive ketones (excluding diaryl/α,β-unsaturated/α-hetero) is 1. The molecule has 15 atom stereocenters. The number of anilines is 1. The molecule has 82 heavy (non-hydrogen) atoms. The minimum absolute atomic E-state index is 0.00875. The van der Waals surface area contributed by atoms with Crippen LogP contribution in [0.4, 0.5) is 19.3 Å². The Labute approximate surface area is 470 Å². The number of ketones is 2. The topological polar surface area (TPSA) is 361 Å². The van der Waals surface area contributed by atoms with Crippen LogP contribution in [0.2, 0.25) is 0 Å². The summed E-state index contributed by atoms with van der Waals surface area (Å²) in [6.45, 7) is 2.18. The zero-order valence-corrected chi connectivity index (χ0v) is 45.3. The largest absolute Gasteiger partial charge is 0.479 e. The molecule has 9 rings (SSSR count). The Balaban J connectivity index is 0.847. The number of alkyl halides is 2. The van der Waals surface area contributed by atoms with Crippen LogP contribution in [-0.4, -0.2) is 158 Å². The molecule has 446 valence electrons. The molecule has 2 heterocycles. The normalized spacial score (nSPS) is 33.1. The molecule has 2 saturated heterocycles. The third-order valence-corrected chi connectivity index (χ3v) is 17.6. The summed E-state index contributed by atoms with van der Waals surface area (Å²) in [5, 5.41) is 73.4. The number of carbonyl (C=O) groups excluding carboxylic acids is 6. The zero-order valence-electron chi connectivity index (χ0n) is 45.3. The van der Waals surface area contributed by atoms with Gasteiger partial charge in [0.2, 0.25) is 24.0 Å². The Bertz CT molecular complexity index is 2850. The molecule has 2 aromatic rings. The Hall–Kier alpha value is -6.29. The number of allylic oxidation sites excluding steroid dienone is 4. The van der Waals surface area contributed by atoms with E-state index in [9.17, 15) is 73.0 Å². The number of halogens is 2. The second-order valence-electron chi connectivity index (χ2n) is 23.1. The first-order valence-electron chi connectivity index (χ1n) is 27.7. The van der Waals surface area contributed by atoms with Gasteiger partial charge in [-0.3, -0.25) is 24.0 Å². The molecule has 7 aliphatic rings. The van der Waals surface area contributed by atoms with Gasteiger partial charge < -0.3 is 81.3 Å². The molecule has 2 aromatic carbocycles. The monoisotopic (exact) mass is 1150 g/mol. The number of nitrogens with one attached hydrogen (secondary N) is 4. The van der Waals surface area contributed by atoms with Crippen molar-refractivity contribution >= 4 is 47.0 Å². The first kappa shape index (κ1) is 60.3. The molecular formula is C57H71F2N5O18. The van der Waals surface area contributed by atoms with Crippen LogP contribution in [-0.2, 0) is 60.7 Å². The van der Waals surface area contributed by atoms with Gasteiger partial charge in [0.15, 0.2) is 29.6 Å². The van der Waals surface area contributed by atoms with Crippen LogP contribution in [0.5, 0.6) is 5.75 Å². The van der Waals surface area contributed by atoms with Gasteiger partial charge in [-0.15, -0.1) is 0 Å². The van der Waals surface area contributed by atoms with Gasteiger partial charge >= 0.3 is 12.1 Å². The van der Waals surface area contributed by atoms with Gasteiger partial charge in [-0.1, -0.05) is 48.9 Å². The van der Waals surface area contributed by atoms with Crippen molar-refractivity contribution in [3.8, 4) is 5.75 Å². The number of rotatable bonds is 21. The van der Waals surface area contributed by atoms with Crippen molar-refractivity contribution in [2.24, 2.45) is 34.8 Å². The number of aliphatic hydroxyl groups is 5. The molecule has 6 fully saturated rings. The van der Waals surface area contributed by atoms with Gasteiger partial charge in [-0.2, -0.15) is 0 Å². The third-order valence-electron chi connectivity index (χ3n) is 17.6. The van der Waals surface area contributed by atoms with Crippen LogP contribution >= 0.6 is 0 Å². The van der Waals surface area contributed by atoms with Crippen molar-refractivity contribution in [1.29, 1.82) is 0 Å². The number of carboxylic acid groups (broad SMARTS) is 1. The molecule has 4 saturated carbocycles. The van der Waals surface area contributed by atoms with Crippen LogP contribution < -0.4 is 31.7 Å². The van der Waals surface area contributed by atoms with Gasteiger partial charge in [0.25, 0.3) is 5.92 Å². The van der Waals surface area contributed by atoms with Crippen LogP contribution in [0.25, 0.3) is 0 Å². The summed E-state index contributed by atoms with van der Waals surface area (Å²) in [5.74, 6) is -8.12. The lowest BCUT2D eigenvalue weighted by Crippen LogP contribution is -2.63. The molecule has 0 bridgehead atoms. The van der Waals surface area contributed by atoms with E-state index >= 15 is 0 Å². The maximum absolute atomic E-state index is 14.8. The van der Waals surface area contributed by atoms with E-state index in [2.05, 4.69) is 21.3 Å². The SMILES string of the molecule is CC(=O)N[C@@H](CCCCN)C(=O)NCCC(=O)Nc1cc(COC(=O)NC2(Cc3ccc([C@@H]4O[C@@H]5C[C@@H]6C(C[C@H](O)[C@H]7[C@H]6CCC6=CC(=O)C=C[C@@]67C)[C@]5(C(=O)CO)O4)cc3)CC(F)(F)C2)ccc1O[C@@H]1O[C@H](C(=O)O)[C@@H](O)[C@H](O)[C@H]1O. The van der Waals surface area contributed by atoms with E-state index in [0.29, 0.717) is 56.2 Å². The number of nitrogens with two attached hydrogens (primary N) is 1. The minimum Gasteiger partial charge on any atom is -0.479 e. The first-order chi connectivity index (χ1) is 38.9. The van der Waals surface area contributed by atoms with E-state index in [-0.39, 0.29) is 66.3 Å². The maximum Gasteiger partial charge on any atom is 0.407 e. The molecule has 4 amide bonds. The highest BCUT2D eigenvalue weighted by atomic mass is 19.3. The molecule has 23 nitrogen and oxygen atoms in total. The lowest BCUT2D eigenvalue weighted by atomic mass is 9.49. The summed E-state index contributed by atoms with van der Waals surface area (Å²) in [4.78, 5) is 89.5. The average Bonchev–Trinajstić information content (AvgIpc) is 3.34. The summed E-state index contributed by atoms with van der Waals surface area (Å²) in [6, 6.07) is 9.66. The van der Waals surface area contributed by atoms with E-state index in [0.717, 1.165) is 5.57 Å². The number of carbonyl (C=O) groups is 7. The van der Waals surface area contributed by atoms with Gasteiger partial charge in [0, 0.05) is 55.5 Å². The second kappa shape index (κ2) is 24.1. The fourth-order valence-corrected chi connectivity index (χ4v) is 13.9. The molecule has 1 unspecified atom stereocenters. The van der Waals surface area contributed by atoms with Gasteiger partial charge in [0.05, 0.1) is 23.4 Å². The Morgan fingerprint density at radius 3 is 2.34 bits per heavy atom. The molecule has 0 spiro atoms. The van der Waals surface area contributed by atoms with Gasteiger partial charge in [-0.05, 0) is 105 Å². The van der Waals surface area contributed by atoms with Crippen molar-refractivity contribution < 1.29 is 96.7 Å². The average molecular weight is 1150 g/mol. The molecule has 0 radical (unpaired) electrons.